The molecule has 1 aliphatic rings. The van der Waals surface area contributed by atoms with Crippen LogP contribution in [0, 0.1) is 0 Å². The Hall–Kier alpha value is -0.910. The van der Waals surface area contributed by atoms with Crippen LogP contribution in [0.2, 0.25) is 0 Å². The summed E-state index contributed by atoms with van der Waals surface area (Å²) in [5.74, 6) is -0.234. The molecule has 0 bridgehead atoms. The average molecular weight is 354 g/mol. The Kier molecular flexibility index (Phi) is 6.21. The quantitative estimate of drug-likeness (QED) is 0.825. The molecule has 0 radical (unpaired) electrons. The van der Waals surface area contributed by atoms with Crippen molar-refractivity contribution in [1.29, 1.82) is 0 Å². The molecule has 1 saturated heterocycles. The number of nitrogens with two attached hydrogens (primary N) is 1. The van der Waals surface area contributed by atoms with Crippen molar-refractivity contribution in [3.8, 4) is 0 Å². The van der Waals surface area contributed by atoms with E-state index in [1.807, 2.05) is 0 Å². The first-order valence-electron chi connectivity index (χ1n) is 7.60. The van der Waals surface area contributed by atoms with E-state index in [9.17, 15) is 4.79 Å². The molecule has 21 heavy (non-hydrogen) atoms. The van der Waals surface area contributed by atoms with Gasteiger partial charge in [0.1, 0.15) is 0 Å². The highest BCUT2D eigenvalue weighted by molar-refractivity contribution is 9.10. The Morgan fingerprint density at radius 3 is 2.76 bits per heavy atom. The van der Waals surface area contributed by atoms with Crippen LogP contribution in [0.25, 0.3) is 0 Å². The second-order valence-electron chi connectivity index (χ2n) is 5.70. The average Bonchev–Trinajstić information content (AvgIpc) is 2.46. The molecule has 3 N–H and O–H groups in total. The molecule has 0 aromatic heterocycles. The molecule has 0 saturated carbocycles. The van der Waals surface area contributed by atoms with Gasteiger partial charge >= 0.3 is 0 Å². The molecule has 0 spiro atoms. The number of primary amides is 1. The molecule has 1 aromatic rings. The Morgan fingerprint density at radius 2 is 2.19 bits per heavy atom. The van der Waals surface area contributed by atoms with E-state index in [4.69, 9.17) is 5.73 Å². The summed E-state index contributed by atoms with van der Waals surface area (Å²) >= 11 is 3.54. The summed E-state index contributed by atoms with van der Waals surface area (Å²) in [5.41, 5.74) is 6.58. The van der Waals surface area contributed by atoms with Crippen molar-refractivity contribution in [2.75, 3.05) is 19.6 Å². The number of rotatable bonds is 6. The predicted molar refractivity (Wildman–Crippen MR) is 89.0 cm³/mol. The van der Waals surface area contributed by atoms with E-state index in [2.05, 4.69) is 57.3 Å². The first kappa shape index (κ1) is 16.5. The van der Waals surface area contributed by atoms with Gasteiger partial charge < -0.3 is 11.1 Å². The van der Waals surface area contributed by atoms with Crippen molar-refractivity contribution in [2.45, 2.75) is 38.3 Å². The lowest BCUT2D eigenvalue weighted by molar-refractivity contribution is -0.119. The maximum Gasteiger partial charge on any atom is 0.231 e. The summed E-state index contributed by atoms with van der Waals surface area (Å²) in [7, 11) is 0. The Labute approximate surface area is 135 Å². The summed E-state index contributed by atoms with van der Waals surface area (Å²) in [6.07, 6.45) is 3.20. The first-order chi connectivity index (χ1) is 10.1. The van der Waals surface area contributed by atoms with E-state index in [0.717, 1.165) is 36.8 Å². The third-order valence-corrected chi connectivity index (χ3v) is 4.56. The van der Waals surface area contributed by atoms with Crippen molar-refractivity contribution >= 4 is 21.8 Å². The predicted octanol–water partition coefficient (Wildman–Crippen LogP) is 2.44. The minimum Gasteiger partial charge on any atom is -0.369 e. The van der Waals surface area contributed by atoms with Gasteiger partial charge in [-0.2, -0.15) is 0 Å². The number of carbonyl (C=O) groups is 1. The molecule has 0 aliphatic carbocycles. The SMILES string of the molecule is CCC(NC1CCN(CC(N)=O)CC1)c1cccc(Br)c1. The number of halogens is 1. The Balaban J connectivity index is 1.87. The zero-order valence-corrected chi connectivity index (χ0v) is 14.1. The van der Waals surface area contributed by atoms with Gasteiger partial charge in [-0.25, -0.2) is 0 Å². The smallest absolute Gasteiger partial charge is 0.231 e. The van der Waals surface area contributed by atoms with Gasteiger partial charge in [0.15, 0.2) is 0 Å². The molecular formula is C16H24BrN3O. The number of amides is 1. The van der Waals surface area contributed by atoms with Crippen molar-refractivity contribution in [1.82, 2.24) is 10.2 Å². The van der Waals surface area contributed by atoms with Gasteiger partial charge in [0.2, 0.25) is 5.91 Å². The fraction of sp³-hybridized carbons (Fsp3) is 0.562. The molecule has 2 rings (SSSR count). The number of piperidine rings is 1. The van der Waals surface area contributed by atoms with E-state index in [1.165, 1.54) is 5.56 Å². The van der Waals surface area contributed by atoms with E-state index < -0.39 is 0 Å². The van der Waals surface area contributed by atoms with Crippen molar-refractivity contribution in [3.63, 3.8) is 0 Å². The summed E-state index contributed by atoms with van der Waals surface area (Å²) in [4.78, 5) is 13.1. The molecule has 4 nitrogen and oxygen atoms in total. The van der Waals surface area contributed by atoms with E-state index in [1.54, 1.807) is 0 Å². The van der Waals surface area contributed by atoms with Gasteiger partial charge in [-0.1, -0.05) is 35.0 Å². The second-order valence-corrected chi connectivity index (χ2v) is 6.61. The highest BCUT2D eigenvalue weighted by Crippen LogP contribution is 2.23. The maximum atomic E-state index is 11.0. The normalized spacial score (nSPS) is 18.6. The van der Waals surface area contributed by atoms with E-state index >= 15 is 0 Å². The summed E-state index contributed by atoms with van der Waals surface area (Å²) in [6, 6.07) is 9.39. The third-order valence-electron chi connectivity index (χ3n) is 4.06. The molecule has 116 valence electrons. The first-order valence-corrected chi connectivity index (χ1v) is 8.40. The highest BCUT2D eigenvalue weighted by Gasteiger charge is 2.22. The number of likely N-dealkylation sites (tertiary alicyclic amines) is 1. The van der Waals surface area contributed by atoms with Gasteiger partial charge in [0.25, 0.3) is 0 Å². The van der Waals surface area contributed by atoms with Crippen LogP contribution in [0.1, 0.15) is 37.8 Å². The number of nitrogens with zero attached hydrogens (tertiary/aromatic N) is 1. The number of nitrogens with one attached hydrogen (secondary N) is 1. The van der Waals surface area contributed by atoms with Crippen LogP contribution in [0.15, 0.2) is 28.7 Å². The maximum absolute atomic E-state index is 11.0. The summed E-state index contributed by atoms with van der Waals surface area (Å²) in [5, 5.41) is 3.76. The molecule has 1 heterocycles. The molecule has 5 heteroatoms. The second kappa shape index (κ2) is 7.92. The molecule has 1 fully saturated rings. The van der Waals surface area contributed by atoms with Gasteiger partial charge in [0, 0.05) is 29.6 Å². The van der Waals surface area contributed by atoms with Crippen molar-refractivity contribution in [2.24, 2.45) is 5.73 Å². The van der Waals surface area contributed by atoms with Gasteiger partial charge in [-0.05, 0) is 37.0 Å². The number of hydrogen-bond donors (Lipinski definition) is 2. The lowest BCUT2D eigenvalue weighted by atomic mass is 9.99. The van der Waals surface area contributed by atoms with Crippen LogP contribution in [-0.4, -0.2) is 36.5 Å². The largest absolute Gasteiger partial charge is 0.369 e. The number of hydrogen-bond acceptors (Lipinski definition) is 3. The molecule has 1 atom stereocenters. The molecule has 1 aliphatic heterocycles. The molecule has 1 aromatic carbocycles. The van der Waals surface area contributed by atoms with Crippen molar-refractivity contribution in [3.05, 3.63) is 34.3 Å². The topological polar surface area (TPSA) is 58.4 Å². The van der Waals surface area contributed by atoms with Crippen LogP contribution in [0.3, 0.4) is 0 Å². The van der Waals surface area contributed by atoms with E-state index in [0.29, 0.717) is 18.6 Å². The van der Waals surface area contributed by atoms with Gasteiger partial charge in [0.05, 0.1) is 6.54 Å². The summed E-state index contributed by atoms with van der Waals surface area (Å²) in [6.45, 7) is 4.47. The van der Waals surface area contributed by atoms with Crippen LogP contribution in [0.4, 0.5) is 0 Å². The highest BCUT2D eigenvalue weighted by atomic mass is 79.9. The lowest BCUT2D eigenvalue weighted by Gasteiger charge is -2.34. The monoisotopic (exact) mass is 353 g/mol. The standard InChI is InChI=1S/C16H24BrN3O/c1-2-15(12-4-3-5-13(17)10-12)19-14-6-8-20(9-7-14)11-16(18)21/h3-5,10,14-15,19H,2,6-9,11H2,1H3,(H2,18,21). The minimum absolute atomic E-state index is 0.234. The van der Waals surface area contributed by atoms with Crippen LogP contribution >= 0.6 is 15.9 Å². The fourth-order valence-electron chi connectivity index (χ4n) is 2.94. The molecular weight excluding hydrogens is 330 g/mol. The number of carbonyl (C=O) groups excluding carboxylic acids is 1. The van der Waals surface area contributed by atoms with E-state index in [-0.39, 0.29) is 5.91 Å². The van der Waals surface area contributed by atoms with Crippen LogP contribution < -0.4 is 11.1 Å². The Morgan fingerprint density at radius 1 is 1.48 bits per heavy atom. The third kappa shape index (κ3) is 5.09. The molecule has 1 unspecified atom stereocenters. The van der Waals surface area contributed by atoms with Crippen molar-refractivity contribution < 1.29 is 4.79 Å². The number of benzene rings is 1. The van der Waals surface area contributed by atoms with Crippen LogP contribution in [-0.2, 0) is 4.79 Å². The Bertz CT molecular complexity index is 472. The molecule has 1 amide bonds. The zero-order valence-electron chi connectivity index (χ0n) is 12.5. The van der Waals surface area contributed by atoms with Crippen LogP contribution in [0.5, 0.6) is 0 Å². The minimum atomic E-state index is -0.234. The van der Waals surface area contributed by atoms with Gasteiger partial charge in [-0.15, -0.1) is 0 Å². The van der Waals surface area contributed by atoms with Gasteiger partial charge in [-0.3, -0.25) is 9.69 Å². The lowest BCUT2D eigenvalue weighted by Crippen LogP contribution is -2.46. The fourth-order valence-corrected chi connectivity index (χ4v) is 3.35. The zero-order chi connectivity index (χ0) is 15.2. The summed E-state index contributed by atoms with van der Waals surface area (Å²) < 4.78 is 1.12.